The number of aryl methyl sites for hydroxylation is 2. The highest BCUT2D eigenvalue weighted by molar-refractivity contribution is 5.79. The number of rotatable bonds is 5. The molecule has 0 unspecified atom stereocenters. The van der Waals surface area contributed by atoms with E-state index in [0.29, 0.717) is 13.1 Å². The lowest BCUT2D eigenvalue weighted by Crippen LogP contribution is -2.37. The van der Waals surface area contributed by atoms with Crippen LogP contribution in [0.15, 0.2) is 4.99 Å². The van der Waals surface area contributed by atoms with Crippen LogP contribution in [0.5, 0.6) is 0 Å². The zero-order valence-electron chi connectivity index (χ0n) is 12.2. The second kappa shape index (κ2) is 7.47. The Morgan fingerprint density at radius 2 is 2.16 bits per heavy atom. The first-order valence-corrected chi connectivity index (χ1v) is 6.54. The molecule has 0 aliphatic rings. The van der Waals surface area contributed by atoms with E-state index in [-0.39, 0.29) is 0 Å². The molecular formula is C14H23N5. The van der Waals surface area contributed by atoms with E-state index in [4.69, 9.17) is 6.42 Å². The van der Waals surface area contributed by atoms with E-state index in [0.717, 1.165) is 24.6 Å². The number of aliphatic imine (C=N–C) groups is 1. The Labute approximate surface area is 115 Å². The highest BCUT2D eigenvalue weighted by Gasteiger charge is 2.08. The zero-order valence-corrected chi connectivity index (χ0v) is 12.2. The van der Waals surface area contributed by atoms with E-state index in [2.05, 4.69) is 33.6 Å². The maximum Gasteiger partial charge on any atom is 0.192 e. The molecule has 0 amide bonds. The van der Waals surface area contributed by atoms with Crippen LogP contribution < -0.4 is 10.6 Å². The van der Waals surface area contributed by atoms with Crippen LogP contribution in [0.3, 0.4) is 0 Å². The number of hydrogen-bond acceptors (Lipinski definition) is 2. The summed E-state index contributed by atoms with van der Waals surface area (Å²) in [6, 6.07) is 0. The van der Waals surface area contributed by atoms with Crippen LogP contribution in [0.4, 0.5) is 0 Å². The minimum atomic E-state index is 0.483. The van der Waals surface area contributed by atoms with Crippen molar-refractivity contribution in [3.8, 4) is 12.3 Å². The van der Waals surface area contributed by atoms with Crippen molar-refractivity contribution in [3.05, 3.63) is 17.0 Å². The van der Waals surface area contributed by atoms with Gasteiger partial charge in [-0.2, -0.15) is 5.10 Å². The van der Waals surface area contributed by atoms with Crippen LogP contribution in [0, 0.1) is 26.2 Å². The van der Waals surface area contributed by atoms with Crippen molar-refractivity contribution in [3.63, 3.8) is 0 Å². The number of nitrogens with one attached hydrogen (secondary N) is 2. The fraction of sp³-hybridized carbons (Fsp3) is 0.571. The SMILES string of the molecule is C#CCNC(=NCCc1c(C)nn(C)c1C)NCC. The van der Waals surface area contributed by atoms with Gasteiger partial charge in [0.05, 0.1) is 12.2 Å². The molecule has 0 aromatic carbocycles. The molecule has 104 valence electrons. The van der Waals surface area contributed by atoms with E-state index >= 15 is 0 Å². The summed E-state index contributed by atoms with van der Waals surface area (Å²) in [5.41, 5.74) is 3.56. The Hall–Kier alpha value is -1.96. The monoisotopic (exact) mass is 261 g/mol. The lowest BCUT2D eigenvalue weighted by molar-refractivity contribution is 0.729. The molecular weight excluding hydrogens is 238 g/mol. The fourth-order valence-corrected chi connectivity index (χ4v) is 1.94. The van der Waals surface area contributed by atoms with E-state index in [1.54, 1.807) is 0 Å². The summed E-state index contributed by atoms with van der Waals surface area (Å²) in [5, 5.41) is 10.6. The zero-order chi connectivity index (χ0) is 14.3. The summed E-state index contributed by atoms with van der Waals surface area (Å²) in [6.45, 7) is 8.17. The van der Waals surface area contributed by atoms with Gasteiger partial charge >= 0.3 is 0 Å². The summed E-state index contributed by atoms with van der Waals surface area (Å²) < 4.78 is 1.91. The number of nitrogens with zero attached hydrogens (tertiary/aromatic N) is 3. The predicted octanol–water partition coefficient (Wildman–Crippen LogP) is 0.768. The van der Waals surface area contributed by atoms with Crippen molar-refractivity contribution in [2.24, 2.45) is 12.0 Å². The molecule has 0 saturated carbocycles. The van der Waals surface area contributed by atoms with E-state index < -0.39 is 0 Å². The Bertz CT molecular complexity index is 479. The van der Waals surface area contributed by atoms with E-state index in [1.165, 1.54) is 11.3 Å². The number of hydrogen-bond donors (Lipinski definition) is 2. The lowest BCUT2D eigenvalue weighted by Gasteiger charge is -2.08. The molecule has 0 aliphatic carbocycles. The lowest BCUT2D eigenvalue weighted by atomic mass is 10.1. The number of guanidine groups is 1. The first kappa shape index (κ1) is 15.1. The van der Waals surface area contributed by atoms with Crippen molar-refractivity contribution in [1.82, 2.24) is 20.4 Å². The van der Waals surface area contributed by atoms with E-state index in [9.17, 15) is 0 Å². The van der Waals surface area contributed by atoms with Crippen molar-refractivity contribution < 1.29 is 0 Å². The summed E-state index contributed by atoms with van der Waals surface area (Å²) in [4.78, 5) is 4.50. The maximum atomic E-state index is 5.23. The summed E-state index contributed by atoms with van der Waals surface area (Å²) >= 11 is 0. The summed E-state index contributed by atoms with van der Waals surface area (Å²) in [5.74, 6) is 3.30. The normalized spacial score (nSPS) is 11.2. The third-order valence-electron chi connectivity index (χ3n) is 2.99. The van der Waals surface area contributed by atoms with Gasteiger partial charge in [-0.05, 0) is 32.8 Å². The smallest absolute Gasteiger partial charge is 0.192 e. The molecule has 1 rings (SSSR count). The fourth-order valence-electron chi connectivity index (χ4n) is 1.94. The minimum Gasteiger partial charge on any atom is -0.357 e. The quantitative estimate of drug-likeness (QED) is 0.467. The van der Waals surface area contributed by atoms with Crippen molar-refractivity contribution in [1.29, 1.82) is 0 Å². The Balaban J connectivity index is 2.61. The summed E-state index contributed by atoms with van der Waals surface area (Å²) in [6.07, 6.45) is 6.12. The number of terminal acetylenes is 1. The maximum absolute atomic E-state index is 5.23. The molecule has 0 bridgehead atoms. The summed E-state index contributed by atoms with van der Waals surface area (Å²) in [7, 11) is 1.97. The second-order valence-electron chi connectivity index (χ2n) is 4.34. The van der Waals surface area contributed by atoms with Gasteiger partial charge in [0.2, 0.25) is 0 Å². The second-order valence-corrected chi connectivity index (χ2v) is 4.34. The molecule has 2 N–H and O–H groups in total. The van der Waals surface area contributed by atoms with Crippen LogP contribution in [-0.2, 0) is 13.5 Å². The molecule has 0 saturated heterocycles. The van der Waals surface area contributed by atoms with Gasteiger partial charge in [-0.25, -0.2) is 0 Å². The molecule has 0 aliphatic heterocycles. The van der Waals surface area contributed by atoms with Gasteiger partial charge in [0.25, 0.3) is 0 Å². The van der Waals surface area contributed by atoms with Gasteiger partial charge in [0.1, 0.15) is 0 Å². The predicted molar refractivity (Wildman–Crippen MR) is 79.2 cm³/mol. The highest BCUT2D eigenvalue weighted by Crippen LogP contribution is 2.12. The average molecular weight is 261 g/mol. The van der Waals surface area contributed by atoms with Crippen LogP contribution in [0.1, 0.15) is 23.9 Å². The van der Waals surface area contributed by atoms with Gasteiger partial charge in [0.15, 0.2) is 5.96 Å². The van der Waals surface area contributed by atoms with Crippen LogP contribution in [-0.4, -0.2) is 35.4 Å². The van der Waals surface area contributed by atoms with Gasteiger partial charge < -0.3 is 10.6 Å². The largest absolute Gasteiger partial charge is 0.357 e. The molecule has 5 nitrogen and oxygen atoms in total. The van der Waals surface area contributed by atoms with Gasteiger partial charge in [-0.15, -0.1) is 6.42 Å². The van der Waals surface area contributed by atoms with Crippen LogP contribution in [0.25, 0.3) is 0 Å². The van der Waals surface area contributed by atoms with Gasteiger partial charge in [0, 0.05) is 25.8 Å². The molecule has 19 heavy (non-hydrogen) atoms. The van der Waals surface area contributed by atoms with E-state index in [1.807, 2.05) is 25.6 Å². The van der Waals surface area contributed by atoms with Crippen molar-refractivity contribution >= 4 is 5.96 Å². The molecule has 0 atom stereocenters. The third-order valence-corrected chi connectivity index (χ3v) is 2.99. The van der Waals surface area contributed by atoms with Crippen LogP contribution >= 0.6 is 0 Å². The molecule has 0 radical (unpaired) electrons. The number of aromatic nitrogens is 2. The Morgan fingerprint density at radius 3 is 2.68 bits per heavy atom. The highest BCUT2D eigenvalue weighted by atomic mass is 15.3. The molecule has 5 heteroatoms. The average Bonchev–Trinajstić information content (AvgIpc) is 2.62. The molecule has 1 aromatic heterocycles. The molecule has 1 heterocycles. The Morgan fingerprint density at radius 1 is 1.42 bits per heavy atom. The Kier molecular flexibility index (Phi) is 5.94. The standard InChI is InChI=1S/C14H23N5/c1-6-9-16-14(15-7-2)17-10-8-13-11(3)18-19(5)12(13)4/h1H,7-10H2,2-5H3,(H2,15,16,17). The van der Waals surface area contributed by atoms with Crippen molar-refractivity contribution in [2.45, 2.75) is 27.2 Å². The third kappa shape index (κ3) is 4.32. The molecule has 0 fully saturated rings. The van der Waals surface area contributed by atoms with Crippen molar-refractivity contribution in [2.75, 3.05) is 19.6 Å². The first-order valence-electron chi connectivity index (χ1n) is 6.54. The molecule has 0 spiro atoms. The van der Waals surface area contributed by atoms with Gasteiger partial charge in [-0.3, -0.25) is 9.67 Å². The first-order chi connectivity index (χ1) is 9.10. The molecule has 1 aromatic rings. The minimum absolute atomic E-state index is 0.483. The van der Waals surface area contributed by atoms with Crippen LogP contribution in [0.2, 0.25) is 0 Å². The topological polar surface area (TPSA) is 54.2 Å². The van der Waals surface area contributed by atoms with Gasteiger partial charge in [-0.1, -0.05) is 5.92 Å².